The predicted molar refractivity (Wildman–Crippen MR) is 81.1 cm³/mol. The quantitative estimate of drug-likeness (QED) is 0.724. The summed E-state index contributed by atoms with van der Waals surface area (Å²) in [5.41, 5.74) is 1.05. The second kappa shape index (κ2) is 6.84. The minimum Gasteiger partial charge on any atom is -0.347 e. The van der Waals surface area contributed by atoms with Crippen LogP contribution in [0.1, 0.15) is 31.3 Å². The van der Waals surface area contributed by atoms with E-state index in [0.717, 1.165) is 18.7 Å². The molecule has 0 fully saturated rings. The Morgan fingerprint density at radius 2 is 2.00 bits per heavy atom. The fourth-order valence-corrected chi connectivity index (χ4v) is 3.13. The maximum atomic E-state index is 12.3. The third kappa shape index (κ3) is 4.13. The Hall–Kier alpha value is -1.70. The van der Waals surface area contributed by atoms with Crippen LogP contribution in [0, 0.1) is 0 Å². The van der Waals surface area contributed by atoms with E-state index in [4.69, 9.17) is 0 Å². The molecule has 0 amide bonds. The molecule has 1 heterocycles. The zero-order chi connectivity index (χ0) is 15.3. The number of H-pyrrole nitrogens is 1. The Morgan fingerprint density at radius 3 is 2.57 bits per heavy atom. The van der Waals surface area contributed by atoms with Crippen molar-refractivity contribution in [3.05, 3.63) is 48.0 Å². The second-order valence-electron chi connectivity index (χ2n) is 4.74. The van der Waals surface area contributed by atoms with Gasteiger partial charge in [-0.15, -0.1) is 0 Å². The molecule has 6 nitrogen and oxygen atoms in total. The van der Waals surface area contributed by atoms with Crippen molar-refractivity contribution in [2.24, 2.45) is 0 Å². The van der Waals surface area contributed by atoms with Crippen molar-refractivity contribution >= 4 is 10.0 Å². The largest absolute Gasteiger partial charge is 0.347 e. The highest BCUT2D eigenvalue weighted by molar-refractivity contribution is 7.89. The molecule has 1 unspecified atom stereocenters. The Kier molecular flexibility index (Phi) is 5.11. The average molecular weight is 308 g/mol. The highest BCUT2D eigenvalue weighted by Gasteiger charge is 2.19. The van der Waals surface area contributed by atoms with E-state index in [1.807, 2.05) is 19.1 Å². The van der Waals surface area contributed by atoms with E-state index in [9.17, 15) is 8.42 Å². The van der Waals surface area contributed by atoms with Crippen molar-refractivity contribution in [1.29, 1.82) is 0 Å². The first-order chi connectivity index (χ1) is 10.0. The Labute approximate surface area is 125 Å². The monoisotopic (exact) mass is 308 g/mol. The third-order valence-electron chi connectivity index (χ3n) is 3.07. The first kappa shape index (κ1) is 15.7. The van der Waals surface area contributed by atoms with Crippen molar-refractivity contribution in [3.63, 3.8) is 0 Å². The van der Waals surface area contributed by atoms with E-state index in [-0.39, 0.29) is 4.90 Å². The summed E-state index contributed by atoms with van der Waals surface area (Å²) in [4.78, 5) is 7.20. The number of aromatic amines is 1. The number of hydrogen-bond acceptors (Lipinski definition) is 4. The van der Waals surface area contributed by atoms with Gasteiger partial charge < -0.3 is 10.3 Å². The minimum absolute atomic E-state index is 0.251. The van der Waals surface area contributed by atoms with E-state index in [1.54, 1.807) is 31.5 Å². The third-order valence-corrected chi connectivity index (χ3v) is 4.63. The van der Waals surface area contributed by atoms with Gasteiger partial charge in [0, 0.05) is 18.9 Å². The molecule has 0 aliphatic rings. The molecular formula is C14H20N4O2S. The molecule has 21 heavy (non-hydrogen) atoms. The van der Waals surface area contributed by atoms with Crippen LogP contribution in [-0.2, 0) is 16.6 Å². The van der Waals surface area contributed by atoms with Crippen LogP contribution >= 0.6 is 0 Å². The summed E-state index contributed by atoms with van der Waals surface area (Å²) >= 11 is 0. The van der Waals surface area contributed by atoms with Gasteiger partial charge in [-0.1, -0.05) is 19.1 Å². The summed E-state index contributed by atoms with van der Waals surface area (Å²) in [6, 6.07) is 6.45. The molecule has 0 aliphatic heterocycles. The lowest BCUT2D eigenvalue weighted by molar-refractivity contribution is 0.561. The van der Waals surface area contributed by atoms with Gasteiger partial charge in [-0.3, -0.25) is 0 Å². The fourth-order valence-electron chi connectivity index (χ4n) is 1.93. The molecule has 0 saturated carbocycles. The Bertz CT molecular complexity index is 651. The van der Waals surface area contributed by atoms with E-state index in [2.05, 4.69) is 20.0 Å². The molecule has 0 bridgehead atoms. The molecule has 114 valence electrons. The number of aromatic nitrogens is 2. The van der Waals surface area contributed by atoms with Crippen LogP contribution in [0.15, 0.2) is 41.6 Å². The van der Waals surface area contributed by atoms with Crippen LogP contribution in [0.2, 0.25) is 0 Å². The van der Waals surface area contributed by atoms with Crippen LogP contribution in [0.3, 0.4) is 0 Å². The lowest BCUT2D eigenvalue weighted by Crippen LogP contribution is -2.27. The molecule has 0 spiro atoms. The average Bonchev–Trinajstić information content (AvgIpc) is 2.99. The van der Waals surface area contributed by atoms with Gasteiger partial charge in [-0.2, -0.15) is 0 Å². The van der Waals surface area contributed by atoms with E-state index < -0.39 is 16.1 Å². The molecule has 1 aromatic carbocycles. The number of benzene rings is 1. The summed E-state index contributed by atoms with van der Waals surface area (Å²) in [6.07, 6.45) is 3.26. The SMILES string of the molecule is CCNCc1ccc(S(=O)(=O)NC(C)c2ncc[nH]2)cc1. The lowest BCUT2D eigenvalue weighted by Gasteiger charge is -2.12. The highest BCUT2D eigenvalue weighted by Crippen LogP contribution is 2.15. The van der Waals surface area contributed by atoms with Gasteiger partial charge in [0.15, 0.2) is 0 Å². The standard InChI is InChI=1S/C14H20N4O2S/c1-3-15-10-12-4-6-13(7-5-12)21(19,20)18-11(2)14-16-8-9-17-14/h4-9,11,15,18H,3,10H2,1-2H3,(H,16,17). The van der Waals surface area contributed by atoms with Crippen molar-refractivity contribution in [2.45, 2.75) is 31.3 Å². The maximum Gasteiger partial charge on any atom is 0.241 e. The number of nitrogens with one attached hydrogen (secondary N) is 3. The molecule has 2 rings (SSSR count). The molecule has 1 aromatic heterocycles. The minimum atomic E-state index is -3.55. The van der Waals surface area contributed by atoms with E-state index in [0.29, 0.717) is 5.82 Å². The van der Waals surface area contributed by atoms with Crippen molar-refractivity contribution in [1.82, 2.24) is 20.0 Å². The summed E-state index contributed by atoms with van der Waals surface area (Å²) < 4.78 is 27.2. The van der Waals surface area contributed by atoms with Gasteiger partial charge in [0.1, 0.15) is 5.82 Å². The van der Waals surface area contributed by atoms with Gasteiger partial charge in [0.2, 0.25) is 10.0 Å². The topological polar surface area (TPSA) is 86.9 Å². The Morgan fingerprint density at radius 1 is 1.29 bits per heavy atom. The zero-order valence-corrected chi connectivity index (χ0v) is 12.9. The summed E-state index contributed by atoms with van der Waals surface area (Å²) in [5.74, 6) is 0.586. The predicted octanol–water partition coefficient (Wildman–Crippen LogP) is 1.56. The molecule has 7 heteroatoms. The number of sulfonamides is 1. The molecule has 0 saturated heterocycles. The normalized spacial score (nSPS) is 13.2. The van der Waals surface area contributed by atoms with Gasteiger partial charge in [0.25, 0.3) is 0 Å². The van der Waals surface area contributed by atoms with Gasteiger partial charge >= 0.3 is 0 Å². The van der Waals surface area contributed by atoms with Crippen LogP contribution < -0.4 is 10.0 Å². The van der Waals surface area contributed by atoms with Crippen LogP contribution in [0.25, 0.3) is 0 Å². The molecule has 0 radical (unpaired) electrons. The molecule has 2 aromatic rings. The summed E-state index contributed by atoms with van der Waals surface area (Å²) in [7, 11) is -3.55. The summed E-state index contributed by atoms with van der Waals surface area (Å²) in [5, 5.41) is 3.20. The van der Waals surface area contributed by atoms with E-state index >= 15 is 0 Å². The number of nitrogens with zero attached hydrogens (tertiary/aromatic N) is 1. The van der Waals surface area contributed by atoms with Crippen molar-refractivity contribution in [2.75, 3.05) is 6.54 Å². The van der Waals surface area contributed by atoms with Crippen molar-refractivity contribution in [3.8, 4) is 0 Å². The maximum absolute atomic E-state index is 12.3. The van der Waals surface area contributed by atoms with Gasteiger partial charge in [0.05, 0.1) is 10.9 Å². The molecule has 0 aliphatic carbocycles. The lowest BCUT2D eigenvalue weighted by atomic mass is 10.2. The second-order valence-corrected chi connectivity index (χ2v) is 6.46. The summed E-state index contributed by atoms with van der Waals surface area (Å²) in [6.45, 7) is 5.38. The van der Waals surface area contributed by atoms with Gasteiger partial charge in [-0.05, 0) is 31.2 Å². The van der Waals surface area contributed by atoms with Crippen LogP contribution in [0.5, 0.6) is 0 Å². The highest BCUT2D eigenvalue weighted by atomic mass is 32.2. The first-order valence-corrected chi connectivity index (χ1v) is 8.32. The smallest absolute Gasteiger partial charge is 0.241 e. The number of imidazole rings is 1. The first-order valence-electron chi connectivity index (χ1n) is 6.84. The van der Waals surface area contributed by atoms with E-state index in [1.165, 1.54) is 0 Å². The zero-order valence-electron chi connectivity index (χ0n) is 12.1. The number of hydrogen-bond donors (Lipinski definition) is 3. The Balaban J connectivity index is 2.08. The van der Waals surface area contributed by atoms with Gasteiger partial charge in [-0.25, -0.2) is 18.1 Å². The molecule has 1 atom stereocenters. The number of rotatable bonds is 7. The fraction of sp³-hybridized carbons (Fsp3) is 0.357. The van der Waals surface area contributed by atoms with Crippen molar-refractivity contribution < 1.29 is 8.42 Å². The molecular weight excluding hydrogens is 288 g/mol. The van der Waals surface area contributed by atoms with Crippen LogP contribution in [0.4, 0.5) is 0 Å². The molecule has 3 N–H and O–H groups in total. The van der Waals surface area contributed by atoms with Crippen LogP contribution in [-0.4, -0.2) is 24.9 Å².